The molecule has 0 saturated heterocycles. The zero-order valence-electron chi connectivity index (χ0n) is 19.6. The molecule has 35 heavy (non-hydrogen) atoms. The number of H-pyrrole nitrogens is 1. The molecule has 2 amide bonds. The van der Waals surface area contributed by atoms with E-state index in [0.29, 0.717) is 22.8 Å². The summed E-state index contributed by atoms with van der Waals surface area (Å²) in [5.74, 6) is -0.309. The van der Waals surface area contributed by atoms with Crippen LogP contribution in [0.15, 0.2) is 65.4 Å². The van der Waals surface area contributed by atoms with E-state index in [2.05, 4.69) is 36.1 Å². The molecule has 1 aliphatic heterocycles. The molecule has 9 heteroatoms. The van der Waals surface area contributed by atoms with Crippen molar-refractivity contribution in [3.8, 4) is 17.0 Å². The van der Waals surface area contributed by atoms with Gasteiger partial charge >= 0.3 is 0 Å². The Bertz CT molecular complexity index is 1380. The van der Waals surface area contributed by atoms with Crippen LogP contribution in [0.1, 0.15) is 54.1 Å². The van der Waals surface area contributed by atoms with Gasteiger partial charge in [0.05, 0.1) is 11.7 Å². The number of aromatic amines is 1. The van der Waals surface area contributed by atoms with Crippen molar-refractivity contribution in [2.45, 2.75) is 32.2 Å². The number of rotatable bonds is 6. The number of nitrogens with one attached hydrogen (secondary N) is 1. The molecule has 0 spiro atoms. The van der Waals surface area contributed by atoms with E-state index in [9.17, 15) is 9.59 Å². The molecule has 0 aliphatic carbocycles. The zero-order valence-corrected chi connectivity index (χ0v) is 19.6. The topological polar surface area (TPSA) is 127 Å². The number of aromatic nitrogens is 3. The Morgan fingerprint density at radius 3 is 2.54 bits per heavy atom. The van der Waals surface area contributed by atoms with Gasteiger partial charge in [-0.3, -0.25) is 19.6 Å². The Morgan fingerprint density at radius 1 is 1.14 bits per heavy atom. The highest BCUT2D eigenvalue weighted by Gasteiger charge is 2.45. The Morgan fingerprint density at radius 2 is 1.89 bits per heavy atom. The van der Waals surface area contributed by atoms with Crippen LogP contribution < -0.4 is 15.4 Å². The average Bonchev–Trinajstić information content (AvgIpc) is 3.56. The van der Waals surface area contributed by atoms with Gasteiger partial charge in [-0.2, -0.15) is 5.10 Å². The van der Waals surface area contributed by atoms with Gasteiger partial charge in [-0.25, -0.2) is 0 Å². The lowest BCUT2D eigenvalue weighted by Gasteiger charge is -2.29. The predicted octanol–water partition coefficient (Wildman–Crippen LogP) is 3.98. The largest absolute Gasteiger partial charge is 0.483 e. The number of primary amides is 1. The van der Waals surface area contributed by atoms with E-state index >= 15 is 0 Å². The maximum absolute atomic E-state index is 13.7. The summed E-state index contributed by atoms with van der Waals surface area (Å²) in [6.07, 6.45) is 1.51. The highest BCUT2D eigenvalue weighted by molar-refractivity contribution is 6.11. The fourth-order valence-corrected chi connectivity index (χ4v) is 4.42. The van der Waals surface area contributed by atoms with Crippen molar-refractivity contribution < 1.29 is 18.8 Å². The highest BCUT2D eigenvalue weighted by atomic mass is 16.5. The third-order valence-corrected chi connectivity index (χ3v) is 5.94. The SMILES string of the molecule is CC(C)(C)c1n[nH]c2c1C(c1ccccc1OCC(N)=O)N(c1ccc(-c3ccon3)cc1)C2=O. The molecule has 1 aliphatic rings. The first-order valence-electron chi connectivity index (χ1n) is 11.2. The molecule has 4 aromatic rings. The minimum absolute atomic E-state index is 0.202. The summed E-state index contributed by atoms with van der Waals surface area (Å²) in [6, 6.07) is 16.1. The minimum Gasteiger partial charge on any atom is -0.483 e. The van der Waals surface area contributed by atoms with Crippen molar-refractivity contribution in [1.82, 2.24) is 15.4 Å². The smallest absolute Gasteiger partial charge is 0.277 e. The number of carbonyl (C=O) groups excluding carboxylic acids is 2. The van der Waals surface area contributed by atoms with Gasteiger partial charge in [-0.15, -0.1) is 0 Å². The third-order valence-electron chi connectivity index (χ3n) is 5.94. The summed E-state index contributed by atoms with van der Waals surface area (Å²) < 4.78 is 10.7. The zero-order chi connectivity index (χ0) is 24.7. The van der Waals surface area contributed by atoms with Crippen LogP contribution in [0.2, 0.25) is 0 Å². The summed E-state index contributed by atoms with van der Waals surface area (Å²) in [6.45, 7) is 5.88. The third kappa shape index (κ3) is 3.95. The van der Waals surface area contributed by atoms with Gasteiger partial charge in [0.1, 0.15) is 23.4 Å². The number of benzene rings is 2. The van der Waals surface area contributed by atoms with Crippen LogP contribution in [0.25, 0.3) is 11.3 Å². The Kier molecular flexibility index (Phi) is 5.39. The van der Waals surface area contributed by atoms with Gasteiger partial charge in [0, 0.05) is 33.9 Å². The molecule has 5 rings (SSSR count). The molecule has 0 bridgehead atoms. The molecule has 1 unspecified atom stereocenters. The molecule has 3 heterocycles. The molecule has 1 atom stereocenters. The van der Waals surface area contributed by atoms with Gasteiger partial charge in [0.2, 0.25) is 0 Å². The molecule has 178 valence electrons. The van der Waals surface area contributed by atoms with Crippen LogP contribution in [0, 0.1) is 0 Å². The van der Waals surface area contributed by atoms with Gasteiger partial charge in [-0.1, -0.05) is 56.3 Å². The Balaban J connectivity index is 1.65. The van der Waals surface area contributed by atoms with Gasteiger partial charge in [-0.05, 0) is 18.2 Å². The number of nitrogens with zero attached hydrogens (tertiary/aromatic N) is 3. The second kappa shape index (κ2) is 8.43. The second-order valence-electron chi connectivity index (χ2n) is 9.41. The Hall–Kier alpha value is -4.40. The first-order chi connectivity index (χ1) is 16.8. The predicted molar refractivity (Wildman–Crippen MR) is 129 cm³/mol. The number of carbonyl (C=O) groups is 2. The lowest BCUT2D eigenvalue weighted by atomic mass is 9.85. The molecular formula is C26H25N5O4. The normalized spacial score (nSPS) is 15.3. The number of anilines is 1. The number of para-hydroxylation sites is 1. The average molecular weight is 472 g/mol. The summed E-state index contributed by atoms with van der Waals surface area (Å²) >= 11 is 0. The number of nitrogens with two attached hydrogens (primary N) is 1. The van der Waals surface area contributed by atoms with Crippen LogP contribution in [-0.4, -0.2) is 33.8 Å². The Labute approximate surface area is 201 Å². The summed E-state index contributed by atoms with van der Waals surface area (Å²) in [4.78, 5) is 26.9. The van der Waals surface area contributed by atoms with Gasteiger partial charge in [0.15, 0.2) is 6.61 Å². The molecule has 0 saturated carbocycles. The van der Waals surface area contributed by atoms with Crippen molar-refractivity contribution in [2.75, 3.05) is 11.5 Å². The number of ether oxygens (including phenoxy) is 1. The van der Waals surface area contributed by atoms with E-state index < -0.39 is 11.9 Å². The van der Waals surface area contributed by atoms with Crippen LogP contribution >= 0.6 is 0 Å². The molecule has 0 radical (unpaired) electrons. The summed E-state index contributed by atoms with van der Waals surface area (Å²) in [5.41, 5.74) is 10.0. The molecule has 2 aromatic carbocycles. The van der Waals surface area contributed by atoms with E-state index in [1.54, 1.807) is 17.0 Å². The van der Waals surface area contributed by atoms with Crippen LogP contribution in [0.4, 0.5) is 5.69 Å². The van der Waals surface area contributed by atoms with E-state index in [1.807, 2.05) is 42.5 Å². The number of hydrogen-bond donors (Lipinski definition) is 2. The lowest BCUT2D eigenvalue weighted by Crippen LogP contribution is -2.31. The fraction of sp³-hybridized carbons (Fsp3) is 0.231. The standard InChI is InChI=1S/C26H25N5O4/c1-26(2,3)24-21-22(28-29-24)25(33)31(16-10-8-15(9-11-16)18-12-13-35-30-18)23(21)17-6-4-5-7-19(17)34-14-20(27)32/h4-13,23H,14H2,1-3H3,(H2,27,32)(H,28,29). The first-order valence-corrected chi connectivity index (χ1v) is 11.2. The number of fused-ring (bicyclic) bond motifs is 1. The lowest BCUT2D eigenvalue weighted by molar-refractivity contribution is -0.119. The first kappa shape index (κ1) is 22.4. The minimum atomic E-state index is -0.581. The van der Waals surface area contributed by atoms with Gasteiger partial charge in [0.25, 0.3) is 11.8 Å². The van der Waals surface area contributed by atoms with Crippen molar-refractivity contribution in [2.24, 2.45) is 5.73 Å². The van der Waals surface area contributed by atoms with Crippen molar-refractivity contribution >= 4 is 17.5 Å². The molecule has 2 aromatic heterocycles. The van der Waals surface area contributed by atoms with E-state index in [-0.39, 0.29) is 17.9 Å². The number of amides is 2. The summed E-state index contributed by atoms with van der Waals surface area (Å²) in [7, 11) is 0. The molecule has 9 nitrogen and oxygen atoms in total. The summed E-state index contributed by atoms with van der Waals surface area (Å²) in [5, 5.41) is 11.5. The molecule has 0 fully saturated rings. The monoisotopic (exact) mass is 471 g/mol. The fourth-order valence-electron chi connectivity index (χ4n) is 4.42. The van der Waals surface area contributed by atoms with Crippen molar-refractivity contribution in [3.63, 3.8) is 0 Å². The van der Waals surface area contributed by atoms with Crippen molar-refractivity contribution in [3.05, 3.63) is 83.4 Å². The van der Waals surface area contributed by atoms with E-state index in [1.165, 1.54) is 6.26 Å². The van der Waals surface area contributed by atoms with Crippen LogP contribution in [0.3, 0.4) is 0 Å². The number of hydrogen-bond acceptors (Lipinski definition) is 6. The highest BCUT2D eigenvalue weighted by Crippen LogP contribution is 2.47. The molecule has 3 N–H and O–H groups in total. The van der Waals surface area contributed by atoms with Crippen molar-refractivity contribution in [1.29, 1.82) is 0 Å². The van der Waals surface area contributed by atoms with Crippen LogP contribution in [-0.2, 0) is 10.2 Å². The van der Waals surface area contributed by atoms with Crippen LogP contribution in [0.5, 0.6) is 5.75 Å². The van der Waals surface area contributed by atoms with E-state index in [4.69, 9.17) is 15.0 Å². The maximum atomic E-state index is 13.7. The quantitative estimate of drug-likeness (QED) is 0.438. The molecular weight excluding hydrogens is 446 g/mol. The second-order valence-corrected chi connectivity index (χ2v) is 9.41. The van der Waals surface area contributed by atoms with Gasteiger partial charge < -0.3 is 15.0 Å². The maximum Gasteiger partial charge on any atom is 0.277 e. The van der Waals surface area contributed by atoms with E-state index in [0.717, 1.165) is 22.4 Å².